The van der Waals surface area contributed by atoms with Crippen LogP contribution in [0.4, 0.5) is 0 Å². The first-order valence-corrected chi connectivity index (χ1v) is 9.31. The van der Waals surface area contributed by atoms with Crippen LogP contribution in [-0.4, -0.2) is 32.2 Å². The van der Waals surface area contributed by atoms with E-state index >= 15 is 0 Å². The van der Waals surface area contributed by atoms with Crippen molar-refractivity contribution in [2.75, 3.05) is 19.3 Å². The summed E-state index contributed by atoms with van der Waals surface area (Å²) in [5.41, 5.74) is 1.41. The van der Waals surface area contributed by atoms with Crippen molar-refractivity contribution in [3.8, 4) is 0 Å². The number of nitrogens with zero attached hydrogens (tertiary/aromatic N) is 1. The van der Waals surface area contributed by atoms with Gasteiger partial charge in [0.05, 0.1) is 8.07 Å². The SMILES string of the molecule is C=C(C)C[Si](CC)(CC)CN1CCCC1. The molecule has 0 N–H and O–H groups in total. The van der Waals surface area contributed by atoms with Gasteiger partial charge in [0.25, 0.3) is 0 Å². The van der Waals surface area contributed by atoms with Crippen molar-refractivity contribution in [2.45, 2.75) is 51.7 Å². The second kappa shape index (κ2) is 5.85. The van der Waals surface area contributed by atoms with Gasteiger partial charge < -0.3 is 4.90 Å². The number of hydrogen-bond donors (Lipinski definition) is 0. The summed E-state index contributed by atoms with van der Waals surface area (Å²) in [7, 11) is -1.05. The summed E-state index contributed by atoms with van der Waals surface area (Å²) in [6.07, 6.45) is 4.27. The van der Waals surface area contributed by atoms with Crippen LogP contribution >= 0.6 is 0 Å². The number of rotatable bonds is 6. The molecule has 1 aliphatic heterocycles. The zero-order chi connectivity index (χ0) is 11.3. The molecule has 0 aromatic rings. The van der Waals surface area contributed by atoms with Crippen molar-refractivity contribution >= 4 is 8.07 Å². The zero-order valence-corrected chi connectivity index (χ0v) is 11.8. The lowest BCUT2D eigenvalue weighted by molar-refractivity contribution is 0.387. The molecule has 0 spiro atoms. The van der Waals surface area contributed by atoms with E-state index in [0.717, 1.165) is 0 Å². The fraction of sp³-hybridized carbons (Fsp3) is 0.846. The molecular weight excluding hydrogens is 198 g/mol. The summed E-state index contributed by atoms with van der Waals surface area (Å²) in [6, 6.07) is 4.19. The van der Waals surface area contributed by atoms with Crippen LogP contribution in [0.1, 0.15) is 33.6 Å². The molecule has 88 valence electrons. The summed E-state index contributed by atoms with van der Waals surface area (Å²) in [5, 5.41) is 0. The molecule has 0 aromatic heterocycles. The molecule has 1 fully saturated rings. The Balaban J connectivity index is 2.57. The van der Waals surface area contributed by atoms with Gasteiger partial charge in [-0.05, 0) is 45.1 Å². The van der Waals surface area contributed by atoms with E-state index in [0.29, 0.717) is 0 Å². The van der Waals surface area contributed by atoms with E-state index in [9.17, 15) is 0 Å². The first-order valence-electron chi connectivity index (χ1n) is 6.48. The van der Waals surface area contributed by atoms with Gasteiger partial charge >= 0.3 is 0 Å². The molecule has 0 atom stereocenters. The van der Waals surface area contributed by atoms with Crippen molar-refractivity contribution in [3.05, 3.63) is 12.2 Å². The van der Waals surface area contributed by atoms with Crippen LogP contribution < -0.4 is 0 Å². The van der Waals surface area contributed by atoms with E-state index in [1.54, 1.807) is 0 Å². The maximum atomic E-state index is 4.13. The molecule has 1 heterocycles. The first-order chi connectivity index (χ1) is 7.12. The lowest BCUT2D eigenvalue weighted by Crippen LogP contribution is -2.45. The lowest BCUT2D eigenvalue weighted by atomic mass is 10.4. The van der Waals surface area contributed by atoms with Crippen molar-refractivity contribution in [1.82, 2.24) is 4.90 Å². The third kappa shape index (κ3) is 3.76. The highest BCUT2D eigenvalue weighted by Gasteiger charge is 2.31. The molecule has 1 aliphatic rings. The average molecular weight is 225 g/mol. The Bertz CT molecular complexity index is 203. The third-order valence-electron chi connectivity index (χ3n) is 3.93. The van der Waals surface area contributed by atoms with Gasteiger partial charge in [0, 0.05) is 0 Å². The van der Waals surface area contributed by atoms with Crippen LogP contribution in [0.2, 0.25) is 18.1 Å². The van der Waals surface area contributed by atoms with Crippen LogP contribution in [0.5, 0.6) is 0 Å². The molecule has 0 unspecified atom stereocenters. The van der Waals surface area contributed by atoms with Crippen molar-refractivity contribution in [1.29, 1.82) is 0 Å². The molecule has 2 heteroatoms. The molecular formula is C13H27NSi. The maximum absolute atomic E-state index is 4.13. The van der Waals surface area contributed by atoms with Crippen LogP contribution in [0, 0.1) is 0 Å². The average Bonchev–Trinajstić information content (AvgIpc) is 2.68. The van der Waals surface area contributed by atoms with Gasteiger partial charge in [0.15, 0.2) is 0 Å². The molecule has 0 bridgehead atoms. The molecule has 0 saturated carbocycles. The van der Waals surface area contributed by atoms with E-state index in [1.165, 1.54) is 55.8 Å². The quantitative estimate of drug-likeness (QED) is 0.492. The van der Waals surface area contributed by atoms with Crippen molar-refractivity contribution < 1.29 is 0 Å². The van der Waals surface area contributed by atoms with E-state index in [4.69, 9.17) is 0 Å². The molecule has 0 aliphatic carbocycles. The fourth-order valence-corrected chi connectivity index (χ4v) is 6.94. The minimum atomic E-state index is -1.05. The second-order valence-corrected chi connectivity index (χ2v) is 10.4. The van der Waals surface area contributed by atoms with Gasteiger partial charge in [-0.25, -0.2) is 0 Å². The third-order valence-corrected chi connectivity index (χ3v) is 9.41. The molecule has 0 radical (unpaired) electrons. The smallest absolute Gasteiger partial charge is 0.0724 e. The Hall–Kier alpha value is -0.0831. The van der Waals surface area contributed by atoms with Crippen molar-refractivity contribution in [2.24, 2.45) is 0 Å². The van der Waals surface area contributed by atoms with Gasteiger partial charge in [-0.2, -0.15) is 0 Å². The van der Waals surface area contributed by atoms with Crippen molar-refractivity contribution in [3.63, 3.8) is 0 Å². The van der Waals surface area contributed by atoms with Crippen LogP contribution in [0.3, 0.4) is 0 Å². The largest absolute Gasteiger partial charge is 0.306 e. The topological polar surface area (TPSA) is 3.24 Å². The lowest BCUT2D eigenvalue weighted by Gasteiger charge is -2.34. The molecule has 15 heavy (non-hydrogen) atoms. The number of likely N-dealkylation sites (tertiary alicyclic amines) is 1. The number of hydrogen-bond acceptors (Lipinski definition) is 1. The van der Waals surface area contributed by atoms with Crippen LogP contribution in [0.25, 0.3) is 0 Å². The highest BCUT2D eigenvalue weighted by molar-refractivity contribution is 6.80. The van der Waals surface area contributed by atoms with E-state index < -0.39 is 8.07 Å². The highest BCUT2D eigenvalue weighted by atomic mass is 28.3. The van der Waals surface area contributed by atoms with E-state index in [-0.39, 0.29) is 0 Å². The summed E-state index contributed by atoms with van der Waals surface area (Å²) in [4.78, 5) is 2.71. The molecule has 0 aromatic carbocycles. The minimum absolute atomic E-state index is 1.05. The van der Waals surface area contributed by atoms with Gasteiger partial charge in [-0.15, -0.1) is 6.58 Å². The maximum Gasteiger partial charge on any atom is 0.0724 e. The normalized spacial score (nSPS) is 18.3. The predicted octanol–water partition coefficient (Wildman–Crippen LogP) is 3.69. The Labute approximate surface area is 96.6 Å². The van der Waals surface area contributed by atoms with Gasteiger partial charge in [0.1, 0.15) is 0 Å². The molecule has 1 rings (SSSR count). The zero-order valence-electron chi connectivity index (χ0n) is 10.8. The van der Waals surface area contributed by atoms with Gasteiger partial charge in [-0.3, -0.25) is 0 Å². The Morgan fingerprint density at radius 3 is 2.13 bits per heavy atom. The second-order valence-electron chi connectivity index (χ2n) is 5.32. The highest BCUT2D eigenvalue weighted by Crippen LogP contribution is 2.26. The number of allylic oxidation sites excluding steroid dienone is 1. The minimum Gasteiger partial charge on any atom is -0.306 e. The first kappa shape index (κ1) is 13.0. The summed E-state index contributed by atoms with van der Waals surface area (Å²) in [6.45, 7) is 13.8. The predicted molar refractivity (Wildman–Crippen MR) is 72.0 cm³/mol. The summed E-state index contributed by atoms with van der Waals surface area (Å²) >= 11 is 0. The van der Waals surface area contributed by atoms with Gasteiger partial charge in [0.2, 0.25) is 0 Å². The van der Waals surface area contributed by atoms with E-state index in [2.05, 4.69) is 32.3 Å². The Kier molecular flexibility index (Phi) is 5.07. The summed E-state index contributed by atoms with van der Waals surface area (Å²) < 4.78 is 0. The van der Waals surface area contributed by atoms with Gasteiger partial charge in [-0.1, -0.05) is 31.5 Å². The monoisotopic (exact) mass is 225 g/mol. The Morgan fingerprint density at radius 2 is 1.73 bits per heavy atom. The fourth-order valence-electron chi connectivity index (χ4n) is 2.83. The van der Waals surface area contributed by atoms with Crippen LogP contribution in [-0.2, 0) is 0 Å². The van der Waals surface area contributed by atoms with Crippen LogP contribution in [0.15, 0.2) is 12.2 Å². The molecule has 1 nitrogen and oxygen atoms in total. The Morgan fingerprint density at radius 1 is 1.20 bits per heavy atom. The molecule has 1 saturated heterocycles. The standard InChI is InChI=1S/C13H27NSi/c1-5-15(6-2,11-13(3)4)12-14-9-7-8-10-14/h3,5-12H2,1-2,4H3. The van der Waals surface area contributed by atoms with E-state index in [1.807, 2.05) is 0 Å². The molecule has 0 amide bonds. The summed E-state index contributed by atoms with van der Waals surface area (Å²) in [5.74, 6) is 0.